The summed E-state index contributed by atoms with van der Waals surface area (Å²) < 4.78 is 42.7. The summed E-state index contributed by atoms with van der Waals surface area (Å²) in [7, 11) is 0. The van der Waals surface area contributed by atoms with Gasteiger partial charge in [0.25, 0.3) is 5.88 Å². The number of hydrogen-bond donors (Lipinski definition) is 0. The minimum absolute atomic E-state index is 0.117. The van der Waals surface area contributed by atoms with E-state index in [-0.39, 0.29) is 18.8 Å². The van der Waals surface area contributed by atoms with Crippen LogP contribution in [-0.2, 0) is 6.61 Å². The van der Waals surface area contributed by atoms with Crippen LogP contribution in [0.2, 0.25) is 0 Å². The van der Waals surface area contributed by atoms with Crippen LogP contribution in [0.5, 0.6) is 11.6 Å². The Balaban J connectivity index is 1.56. The number of nitrogens with zero attached hydrogens (tertiary/aromatic N) is 2. The topological polar surface area (TPSA) is 57.4 Å². The summed E-state index contributed by atoms with van der Waals surface area (Å²) in [6.07, 6.45) is -1.85. The molecule has 154 valence electrons. The molecule has 30 heavy (non-hydrogen) atoms. The third-order valence-corrected chi connectivity index (χ3v) is 4.77. The zero-order valence-corrected chi connectivity index (χ0v) is 16.6. The summed E-state index contributed by atoms with van der Waals surface area (Å²) in [6, 6.07) is 15.9. The molecule has 5 nitrogen and oxygen atoms in total. The number of aromatic nitrogens is 2. The largest absolute Gasteiger partial charge is 0.469 e. The number of halogens is 2. The van der Waals surface area contributed by atoms with E-state index in [1.807, 2.05) is 31.2 Å². The minimum Gasteiger partial charge on any atom is -0.469 e. The van der Waals surface area contributed by atoms with Gasteiger partial charge in [0.2, 0.25) is 0 Å². The fourth-order valence-corrected chi connectivity index (χ4v) is 2.97. The van der Waals surface area contributed by atoms with Crippen molar-refractivity contribution >= 4 is 11.0 Å². The fraction of sp³-hybridized carbons (Fsp3) is 0.217. The number of pyridine rings is 1. The molecule has 2 aromatic carbocycles. The van der Waals surface area contributed by atoms with E-state index in [1.54, 1.807) is 24.4 Å². The van der Waals surface area contributed by atoms with Crippen molar-refractivity contribution in [2.24, 2.45) is 0 Å². The zero-order chi connectivity index (χ0) is 21.1. The van der Waals surface area contributed by atoms with Gasteiger partial charge in [0.15, 0.2) is 5.58 Å². The predicted molar refractivity (Wildman–Crippen MR) is 109 cm³/mol. The van der Waals surface area contributed by atoms with Gasteiger partial charge in [-0.15, -0.1) is 0 Å². The van der Waals surface area contributed by atoms with E-state index in [4.69, 9.17) is 14.0 Å². The van der Waals surface area contributed by atoms with Gasteiger partial charge in [-0.1, -0.05) is 31.2 Å². The van der Waals surface area contributed by atoms with Crippen LogP contribution in [0.25, 0.3) is 22.1 Å². The average molecular weight is 410 g/mol. The first kappa shape index (κ1) is 19.8. The average Bonchev–Trinajstić information content (AvgIpc) is 3.16. The molecule has 0 atom stereocenters. The summed E-state index contributed by atoms with van der Waals surface area (Å²) in [4.78, 5) is 4.31. The first-order valence-corrected chi connectivity index (χ1v) is 9.55. The number of rotatable bonds is 7. The monoisotopic (exact) mass is 410 g/mol. The maximum Gasteiger partial charge on any atom is 0.397 e. The van der Waals surface area contributed by atoms with Crippen LogP contribution in [0.3, 0.4) is 0 Å². The molecule has 0 amide bonds. The molecule has 0 fully saturated rings. The van der Waals surface area contributed by atoms with Crippen LogP contribution in [0, 0.1) is 6.92 Å². The summed E-state index contributed by atoms with van der Waals surface area (Å²) in [5.74, 6) is 0.492. The highest BCUT2D eigenvalue weighted by atomic mass is 19.3. The second-order valence-electron chi connectivity index (χ2n) is 6.87. The van der Waals surface area contributed by atoms with Crippen molar-refractivity contribution in [1.29, 1.82) is 0 Å². The fourth-order valence-electron chi connectivity index (χ4n) is 2.97. The lowest BCUT2D eigenvalue weighted by molar-refractivity contribution is -0.177. The molecule has 2 heterocycles. The van der Waals surface area contributed by atoms with E-state index < -0.39 is 6.11 Å². The van der Waals surface area contributed by atoms with Crippen molar-refractivity contribution in [3.05, 3.63) is 72.1 Å². The van der Waals surface area contributed by atoms with Gasteiger partial charge in [0, 0.05) is 12.6 Å². The highest BCUT2D eigenvalue weighted by Crippen LogP contribution is 2.32. The molecule has 2 aromatic heterocycles. The molecule has 0 aliphatic rings. The molecule has 0 spiro atoms. The van der Waals surface area contributed by atoms with Crippen LogP contribution >= 0.6 is 0 Å². The predicted octanol–water partition coefficient (Wildman–Crippen LogP) is 6.16. The molecule has 0 bridgehead atoms. The highest BCUT2D eigenvalue weighted by molar-refractivity contribution is 5.87. The molecule has 0 aliphatic carbocycles. The zero-order valence-electron chi connectivity index (χ0n) is 16.6. The van der Waals surface area contributed by atoms with Gasteiger partial charge >= 0.3 is 6.11 Å². The van der Waals surface area contributed by atoms with Crippen molar-refractivity contribution < 1.29 is 22.8 Å². The van der Waals surface area contributed by atoms with Gasteiger partial charge in [-0.05, 0) is 59.1 Å². The third-order valence-electron chi connectivity index (χ3n) is 4.77. The summed E-state index contributed by atoms with van der Waals surface area (Å²) >= 11 is 0. The van der Waals surface area contributed by atoms with Gasteiger partial charge in [-0.3, -0.25) is 4.98 Å². The van der Waals surface area contributed by atoms with Gasteiger partial charge in [-0.2, -0.15) is 8.78 Å². The Morgan fingerprint density at radius 1 is 1.03 bits per heavy atom. The Hall–Kier alpha value is -3.48. The van der Waals surface area contributed by atoms with Crippen molar-refractivity contribution in [2.45, 2.75) is 33.0 Å². The molecular formula is C23H20F2N2O3. The number of aryl methyl sites for hydroxylation is 1. The quantitative estimate of drug-likeness (QED) is 0.365. The van der Waals surface area contributed by atoms with Crippen LogP contribution < -0.4 is 9.47 Å². The van der Waals surface area contributed by atoms with E-state index in [2.05, 4.69) is 10.1 Å². The van der Waals surface area contributed by atoms with Crippen LogP contribution in [-0.4, -0.2) is 16.2 Å². The molecule has 0 radical (unpaired) electrons. The Morgan fingerprint density at radius 2 is 1.80 bits per heavy atom. The summed E-state index contributed by atoms with van der Waals surface area (Å²) in [5.41, 5.74) is 4.16. The van der Waals surface area contributed by atoms with Gasteiger partial charge in [-0.25, -0.2) is 0 Å². The SMILES string of the molecule is CCC(F)(F)Oc1ccc(-c2ccc3onc(OCc4ncccc4C)c3c2)cc1. The van der Waals surface area contributed by atoms with E-state index in [9.17, 15) is 8.78 Å². The highest BCUT2D eigenvalue weighted by Gasteiger charge is 2.28. The molecule has 0 unspecified atom stereocenters. The Bertz CT molecular complexity index is 1160. The Labute approximate surface area is 172 Å². The first-order valence-electron chi connectivity index (χ1n) is 9.55. The second kappa shape index (κ2) is 8.10. The maximum atomic E-state index is 13.4. The lowest BCUT2D eigenvalue weighted by Crippen LogP contribution is -2.22. The lowest BCUT2D eigenvalue weighted by Gasteiger charge is -2.16. The summed E-state index contributed by atoms with van der Waals surface area (Å²) in [6.45, 7) is 3.61. The Kier molecular flexibility index (Phi) is 5.35. The number of ether oxygens (including phenoxy) is 2. The lowest BCUT2D eigenvalue weighted by atomic mass is 10.0. The van der Waals surface area contributed by atoms with E-state index in [0.717, 1.165) is 27.8 Å². The first-order chi connectivity index (χ1) is 14.4. The van der Waals surface area contributed by atoms with Crippen molar-refractivity contribution in [1.82, 2.24) is 10.1 Å². The number of fused-ring (bicyclic) bond motifs is 1. The smallest absolute Gasteiger partial charge is 0.397 e. The van der Waals surface area contributed by atoms with E-state index in [0.29, 0.717) is 11.5 Å². The van der Waals surface area contributed by atoms with Crippen LogP contribution in [0.4, 0.5) is 8.78 Å². The molecule has 4 aromatic rings. The molecule has 0 aliphatic heterocycles. The number of hydrogen-bond acceptors (Lipinski definition) is 5. The van der Waals surface area contributed by atoms with E-state index in [1.165, 1.54) is 19.1 Å². The van der Waals surface area contributed by atoms with Crippen LogP contribution in [0.15, 0.2) is 65.3 Å². The van der Waals surface area contributed by atoms with E-state index >= 15 is 0 Å². The van der Waals surface area contributed by atoms with Crippen molar-refractivity contribution in [3.63, 3.8) is 0 Å². The van der Waals surface area contributed by atoms with Crippen LogP contribution in [0.1, 0.15) is 24.6 Å². The van der Waals surface area contributed by atoms with Crippen molar-refractivity contribution in [3.8, 4) is 22.8 Å². The third kappa shape index (κ3) is 4.25. The normalized spacial score (nSPS) is 11.6. The Morgan fingerprint density at radius 3 is 2.53 bits per heavy atom. The molecule has 7 heteroatoms. The molecule has 0 saturated heterocycles. The van der Waals surface area contributed by atoms with Crippen molar-refractivity contribution in [2.75, 3.05) is 0 Å². The molecule has 0 saturated carbocycles. The maximum absolute atomic E-state index is 13.4. The molecular weight excluding hydrogens is 390 g/mol. The molecule has 4 rings (SSSR count). The molecule has 0 N–H and O–H groups in total. The van der Waals surface area contributed by atoms with Gasteiger partial charge < -0.3 is 14.0 Å². The number of benzene rings is 2. The number of alkyl halides is 2. The standard InChI is InChI=1S/C23H20F2N2O3/c1-3-23(24,25)29-18-9-6-16(7-10-18)17-8-11-21-19(13-17)22(27-30-21)28-14-20-15(2)5-4-12-26-20/h4-13H,3,14H2,1-2H3. The second-order valence-corrected chi connectivity index (χ2v) is 6.87. The van der Waals surface area contributed by atoms with Gasteiger partial charge in [0.05, 0.1) is 11.1 Å². The summed E-state index contributed by atoms with van der Waals surface area (Å²) in [5, 5.41) is 4.73. The minimum atomic E-state index is -3.18. The van der Waals surface area contributed by atoms with Gasteiger partial charge in [0.1, 0.15) is 12.4 Å².